The number of hydrogen-bond acceptors (Lipinski definition) is 3. The Hall–Kier alpha value is -1.81. The van der Waals surface area contributed by atoms with Crippen molar-refractivity contribution in [3.63, 3.8) is 0 Å². The lowest BCUT2D eigenvalue weighted by molar-refractivity contribution is 0.0785. The third kappa shape index (κ3) is 2.85. The number of anilines is 1. The van der Waals surface area contributed by atoms with E-state index in [1.165, 1.54) is 0 Å². The minimum Gasteiger partial charge on any atom is -0.396 e. The van der Waals surface area contributed by atoms with Crippen LogP contribution < -0.4 is 5.73 Å². The minimum atomic E-state index is -0.820. The van der Waals surface area contributed by atoms with E-state index < -0.39 is 5.60 Å². The molecule has 0 aliphatic rings. The molecule has 0 spiro atoms. The van der Waals surface area contributed by atoms with Crippen LogP contribution in [0, 0.1) is 0 Å². The van der Waals surface area contributed by atoms with E-state index >= 15 is 0 Å². The highest BCUT2D eigenvalue weighted by Crippen LogP contribution is 2.20. The van der Waals surface area contributed by atoms with Crippen LogP contribution in [-0.2, 0) is 12.1 Å². The SMILES string of the molecule is CC(C)(O)c1cccc(Cn2cc(N)cn2)c1. The van der Waals surface area contributed by atoms with E-state index in [4.69, 9.17) is 5.73 Å². The summed E-state index contributed by atoms with van der Waals surface area (Å²) in [7, 11) is 0. The first-order valence-electron chi connectivity index (χ1n) is 5.55. The molecule has 1 aromatic carbocycles. The van der Waals surface area contributed by atoms with E-state index in [9.17, 15) is 5.11 Å². The van der Waals surface area contributed by atoms with Gasteiger partial charge in [0, 0.05) is 6.20 Å². The Balaban J connectivity index is 2.22. The van der Waals surface area contributed by atoms with Crippen molar-refractivity contribution in [2.75, 3.05) is 5.73 Å². The van der Waals surface area contributed by atoms with E-state index in [1.807, 2.05) is 24.3 Å². The van der Waals surface area contributed by atoms with E-state index in [1.54, 1.807) is 30.9 Å². The van der Waals surface area contributed by atoms with Crippen LogP contribution >= 0.6 is 0 Å². The molecule has 0 aliphatic carbocycles. The van der Waals surface area contributed by atoms with Crippen LogP contribution in [0.15, 0.2) is 36.7 Å². The standard InChI is InChI=1S/C13H17N3O/c1-13(2,17)11-5-3-4-10(6-11)8-16-9-12(14)7-15-16/h3-7,9,17H,8,14H2,1-2H3. The molecule has 2 rings (SSSR count). The van der Waals surface area contributed by atoms with Gasteiger partial charge in [-0.1, -0.05) is 24.3 Å². The van der Waals surface area contributed by atoms with Gasteiger partial charge in [-0.2, -0.15) is 5.10 Å². The van der Waals surface area contributed by atoms with E-state index in [0.29, 0.717) is 12.2 Å². The number of nitrogens with two attached hydrogens (primary N) is 1. The number of nitrogen functional groups attached to an aromatic ring is 1. The van der Waals surface area contributed by atoms with Crippen LogP contribution in [-0.4, -0.2) is 14.9 Å². The largest absolute Gasteiger partial charge is 0.396 e. The molecular weight excluding hydrogens is 214 g/mol. The molecule has 0 amide bonds. The van der Waals surface area contributed by atoms with Gasteiger partial charge in [-0.25, -0.2) is 0 Å². The van der Waals surface area contributed by atoms with Gasteiger partial charge >= 0.3 is 0 Å². The molecule has 0 aliphatic heterocycles. The van der Waals surface area contributed by atoms with Crippen molar-refractivity contribution in [3.05, 3.63) is 47.8 Å². The van der Waals surface area contributed by atoms with Crippen molar-refractivity contribution in [3.8, 4) is 0 Å². The quantitative estimate of drug-likeness (QED) is 0.845. The number of hydrogen-bond donors (Lipinski definition) is 2. The lowest BCUT2D eigenvalue weighted by Gasteiger charge is -2.18. The molecule has 1 heterocycles. The Morgan fingerprint density at radius 2 is 2.18 bits per heavy atom. The topological polar surface area (TPSA) is 64.1 Å². The van der Waals surface area contributed by atoms with Gasteiger partial charge in [0.15, 0.2) is 0 Å². The molecule has 0 saturated heterocycles. The fourth-order valence-corrected chi connectivity index (χ4v) is 1.70. The summed E-state index contributed by atoms with van der Waals surface area (Å²) < 4.78 is 1.78. The van der Waals surface area contributed by atoms with Gasteiger partial charge in [0.25, 0.3) is 0 Å². The summed E-state index contributed by atoms with van der Waals surface area (Å²) in [5, 5.41) is 14.1. The molecule has 0 fully saturated rings. The summed E-state index contributed by atoms with van der Waals surface area (Å²) in [4.78, 5) is 0. The number of rotatable bonds is 3. The number of aromatic nitrogens is 2. The second-order valence-corrected chi connectivity index (χ2v) is 4.73. The first kappa shape index (κ1) is 11.7. The molecule has 0 bridgehead atoms. The summed E-state index contributed by atoms with van der Waals surface area (Å²) in [5.74, 6) is 0. The van der Waals surface area contributed by atoms with Gasteiger partial charge in [-0.15, -0.1) is 0 Å². The number of aliphatic hydroxyl groups is 1. The lowest BCUT2D eigenvalue weighted by Crippen LogP contribution is -2.15. The summed E-state index contributed by atoms with van der Waals surface area (Å²) in [6.45, 7) is 4.21. The maximum absolute atomic E-state index is 9.94. The van der Waals surface area contributed by atoms with Crippen molar-refractivity contribution in [1.29, 1.82) is 0 Å². The molecule has 0 radical (unpaired) electrons. The Morgan fingerprint density at radius 1 is 1.41 bits per heavy atom. The van der Waals surface area contributed by atoms with Crippen LogP contribution in [0.4, 0.5) is 5.69 Å². The normalized spacial score (nSPS) is 11.7. The highest BCUT2D eigenvalue weighted by molar-refractivity contribution is 5.32. The third-order valence-corrected chi connectivity index (χ3v) is 2.63. The van der Waals surface area contributed by atoms with Crippen molar-refractivity contribution in [1.82, 2.24) is 9.78 Å². The van der Waals surface area contributed by atoms with Crippen molar-refractivity contribution < 1.29 is 5.11 Å². The predicted molar refractivity (Wildman–Crippen MR) is 67.4 cm³/mol. The smallest absolute Gasteiger partial charge is 0.0840 e. The molecule has 17 heavy (non-hydrogen) atoms. The Morgan fingerprint density at radius 3 is 2.76 bits per heavy atom. The van der Waals surface area contributed by atoms with Gasteiger partial charge in [0.1, 0.15) is 0 Å². The van der Waals surface area contributed by atoms with E-state index in [-0.39, 0.29) is 0 Å². The summed E-state index contributed by atoms with van der Waals surface area (Å²) in [5.41, 5.74) is 7.43. The fraction of sp³-hybridized carbons (Fsp3) is 0.308. The van der Waals surface area contributed by atoms with Gasteiger partial charge in [0.05, 0.1) is 24.0 Å². The van der Waals surface area contributed by atoms with Crippen molar-refractivity contribution in [2.45, 2.75) is 26.0 Å². The average molecular weight is 231 g/mol. The molecule has 4 nitrogen and oxygen atoms in total. The monoisotopic (exact) mass is 231 g/mol. The molecule has 4 heteroatoms. The minimum absolute atomic E-state index is 0.654. The van der Waals surface area contributed by atoms with Gasteiger partial charge in [0.2, 0.25) is 0 Å². The zero-order chi connectivity index (χ0) is 12.5. The summed E-state index contributed by atoms with van der Waals surface area (Å²) in [6, 6.07) is 7.85. The van der Waals surface area contributed by atoms with E-state index in [2.05, 4.69) is 5.10 Å². The first-order chi connectivity index (χ1) is 7.95. The third-order valence-electron chi connectivity index (χ3n) is 2.63. The first-order valence-corrected chi connectivity index (χ1v) is 5.55. The van der Waals surface area contributed by atoms with Crippen LogP contribution in [0.5, 0.6) is 0 Å². The zero-order valence-corrected chi connectivity index (χ0v) is 10.1. The maximum Gasteiger partial charge on any atom is 0.0840 e. The predicted octanol–water partition coefficient (Wildman–Crippen LogP) is 1.74. The van der Waals surface area contributed by atoms with Gasteiger partial charge in [-0.05, 0) is 25.0 Å². The van der Waals surface area contributed by atoms with Gasteiger partial charge in [-0.3, -0.25) is 4.68 Å². The Bertz CT molecular complexity index is 511. The van der Waals surface area contributed by atoms with Crippen LogP contribution in [0.1, 0.15) is 25.0 Å². The average Bonchev–Trinajstić information content (AvgIpc) is 2.63. The summed E-state index contributed by atoms with van der Waals surface area (Å²) >= 11 is 0. The van der Waals surface area contributed by atoms with Crippen LogP contribution in [0.3, 0.4) is 0 Å². The Kier molecular flexibility index (Phi) is 2.90. The van der Waals surface area contributed by atoms with E-state index in [0.717, 1.165) is 11.1 Å². The van der Waals surface area contributed by atoms with Crippen molar-refractivity contribution in [2.24, 2.45) is 0 Å². The molecule has 0 unspecified atom stereocenters. The second kappa shape index (κ2) is 4.22. The molecule has 0 saturated carbocycles. The lowest BCUT2D eigenvalue weighted by atomic mass is 9.97. The molecule has 1 aromatic heterocycles. The molecule has 3 N–H and O–H groups in total. The highest BCUT2D eigenvalue weighted by Gasteiger charge is 2.15. The fourth-order valence-electron chi connectivity index (χ4n) is 1.70. The number of nitrogens with zero attached hydrogens (tertiary/aromatic N) is 2. The van der Waals surface area contributed by atoms with Crippen LogP contribution in [0.25, 0.3) is 0 Å². The summed E-state index contributed by atoms with van der Waals surface area (Å²) in [6.07, 6.45) is 3.41. The molecule has 90 valence electrons. The van der Waals surface area contributed by atoms with Crippen LogP contribution in [0.2, 0.25) is 0 Å². The molecule has 0 atom stereocenters. The maximum atomic E-state index is 9.94. The molecular formula is C13H17N3O. The second-order valence-electron chi connectivity index (χ2n) is 4.73. The van der Waals surface area contributed by atoms with Gasteiger partial charge < -0.3 is 10.8 Å². The van der Waals surface area contributed by atoms with Crippen molar-refractivity contribution >= 4 is 5.69 Å². The number of benzene rings is 1. The molecule has 2 aromatic rings. The highest BCUT2D eigenvalue weighted by atomic mass is 16.3. The zero-order valence-electron chi connectivity index (χ0n) is 10.1. The Labute approximate surface area is 101 Å².